The Balaban J connectivity index is 1.79. The van der Waals surface area contributed by atoms with Gasteiger partial charge < -0.3 is 25.0 Å². The molecule has 0 bridgehead atoms. The predicted molar refractivity (Wildman–Crippen MR) is 113 cm³/mol. The Morgan fingerprint density at radius 1 is 1.04 bits per heavy atom. The summed E-state index contributed by atoms with van der Waals surface area (Å²) in [6.45, 7) is 8.25. The standard InChI is InChI=1S/C22H31N3O3/c1-4-25(5-2)16-17-28-21-9-7-6-8-20(21)24-22(26)23-15-14-18-10-12-19(27-3)13-11-18/h6-13H,4-5,14-17H2,1-3H3,(H2,23,24,26). The lowest BCUT2D eigenvalue weighted by Crippen LogP contribution is -2.31. The molecule has 0 aliphatic rings. The highest BCUT2D eigenvalue weighted by Gasteiger charge is 2.08. The molecule has 6 heteroatoms. The fraction of sp³-hybridized carbons (Fsp3) is 0.409. The van der Waals surface area contributed by atoms with Crippen molar-refractivity contribution in [3.63, 3.8) is 0 Å². The van der Waals surface area contributed by atoms with Gasteiger partial charge in [0.05, 0.1) is 12.8 Å². The summed E-state index contributed by atoms with van der Waals surface area (Å²) in [6, 6.07) is 15.1. The number of methoxy groups -OCH3 is 1. The van der Waals surface area contributed by atoms with Crippen LogP contribution in [0.15, 0.2) is 48.5 Å². The van der Waals surface area contributed by atoms with Crippen molar-refractivity contribution in [2.24, 2.45) is 0 Å². The van der Waals surface area contributed by atoms with Gasteiger partial charge >= 0.3 is 6.03 Å². The number of nitrogens with one attached hydrogen (secondary N) is 2. The monoisotopic (exact) mass is 385 g/mol. The number of hydrogen-bond donors (Lipinski definition) is 2. The van der Waals surface area contributed by atoms with E-state index in [0.29, 0.717) is 24.6 Å². The predicted octanol–water partition coefficient (Wildman–Crippen LogP) is 3.78. The third-order valence-electron chi connectivity index (χ3n) is 4.55. The fourth-order valence-electron chi connectivity index (χ4n) is 2.80. The molecular weight excluding hydrogens is 354 g/mol. The number of anilines is 1. The van der Waals surface area contributed by atoms with E-state index in [9.17, 15) is 4.79 Å². The SMILES string of the molecule is CCN(CC)CCOc1ccccc1NC(=O)NCCc1ccc(OC)cc1. The zero-order valence-electron chi connectivity index (χ0n) is 17.0. The van der Waals surface area contributed by atoms with Crippen molar-refractivity contribution in [3.8, 4) is 11.5 Å². The van der Waals surface area contributed by atoms with Crippen molar-refractivity contribution in [1.29, 1.82) is 0 Å². The van der Waals surface area contributed by atoms with E-state index in [0.717, 1.165) is 37.4 Å². The van der Waals surface area contributed by atoms with Gasteiger partial charge in [-0.05, 0) is 49.3 Å². The van der Waals surface area contributed by atoms with Crippen LogP contribution in [0.4, 0.5) is 10.5 Å². The maximum absolute atomic E-state index is 12.2. The highest BCUT2D eigenvalue weighted by atomic mass is 16.5. The molecule has 0 aliphatic heterocycles. The molecule has 0 saturated carbocycles. The molecule has 2 amide bonds. The lowest BCUT2D eigenvalue weighted by molar-refractivity contribution is 0.223. The Morgan fingerprint density at radius 2 is 1.75 bits per heavy atom. The Labute approximate surface area is 167 Å². The van der Waals surface area contributed by atoms with Gasteiger partial charge in [-0.1, -0.05) is 38.1 Å². The summed E-state index contributed by atoms with van der Waals surface area (Å²) >= 11 is 0. The van der Waals surface area contributed by atoms with Crippen molar-refractivity contribution in [3.05, 3.63) is 54.1 Å². The van der Waals surface area contributed by atoms with Crippen LogP contribution in [-0.4, -0.2) is 50.8 Å². The lowest BCUT2D eigenvalue weighted by Gasteiger charge is -2.19. The van der Waals surface area contributed by atoms with Gasteiger partial charge in [-0.2, -0.15) is 0 Å². The Morgan fingerprint density at radius 3 is 2.43 bits per heavy atom. The second-order valence-electron chi connectivity index (χ2n) is 6.35. The summed E-state index contributed by atoms with van der Waals surface area (Å²) in [5, 5.41) is 5.76. The molecule has 0 aliphatic carbocycles. The van der Waals surface area contributed by atoms with Crippen molar-refractivity contribution < 1.29 is 14.3 Å². The normalized spacial score (nSPS) is 10.6. The number of rotatable bonds is 11. The number of benzene rings is 2. The summed E-state index contributed by atoms with van der Waals surface area (Å²) < 4.78 is 11.0. The molecule has 152 valence electrons. The fourth-order valence-corrected chi connectivity index (χ4v) is 2.80. The first-order valence-electron chi connectivity index (χ1n) is 9.78. The Kier molecular flexibility index (Phi) is 9.15. The molecule has 2 aromatic carbocycles. The largest absolute Gasteiger partial charge is 0.497 e. The van der Waals surface area contributed by atoms with Crippen LogP contribution in [0.3, 0.4) is 0 Å². The molecule has 0 atom stereocenters. The first-order chi connectivity index (χ1) is 13.7. The van der Waals surface area contributed by atoms with Gasteiger partial charge in [0, 0.05) is 13.1 Å². The van der Waals surface area contributed by atoms with E-state index in [1.807, 2.05) is 48.5 Å². The summed E-state index contributed by atoms with van der Waals surface area (Å²) in [5.74, 6) is 1.51. The number of ether oxygens (including phenoxy) is 2. The van der Waals surface area contributed by atoms with Crippen molar-refractivity contribution in [1.82, 2.24) is 10.2 Å². The highest BCUT2D eigenvalue weighted by Crippen LogP contribution is 2.23. The second kappa shape index (κ2) is 11.9. The highest BCUT2D eigenvalue weighted by molar-refractivity contribution is 5.90. The number of nitrogens with zero attached hydrogens (tertiary/aromatic N) is 1. The van der Waals surface area contributed by atoms with Gasteiger partial charge in [-0.3, -0.25) is 0 Å². The zero-order chi connectivity index (χ0) is 20.2. The topological polar surface area (TPSA) is 62.8 Å². The summed E-state index contributed by atoms with van der Waals surface area (Å²) in [5.41, 5.74) is 1.81. The molecule has 2 rings (SSSR count). The van der Waals surface area contributed by atoms with Gasteiger partial charge in [0.15, 0.2) is 0 Å². The molecule has 0 fully saturated rings. The van der Waals surface area contributed by atoms with E-state index in [-0.39, 0.29) is 6.03 Å². The van der Waals surface area contributed by atoms with Gasteiger partial charge in [-0.25, -0.2) is 4.79 Å². The second-order valence-corrected chi connectivity index (χ2v) is 6.35. The van der Waals surface area contributed by atoms with Crippen LogP contribution >= 0.6 is 0 Å². The van der Waals surface area contributed by atoms with Crippen LogP contribution in [0.25, 0.3) is 0 Å². The molecule has 28 heavy (non-hydrogen) atoms. The first-order valence-corrected chi connectivity index (χ1v) is 9.78. The van der Waals surface area contributed by atoms with Crippen LogP contribution in [0, 0.1) is 0 Å². The number of likely N-dealkylation sites (N-methyl/N-ethyl adjacent to an activating group) is 1. The summed E-state index contributed by atoms with van der Waals surface area (Å²) in [6.07, 6.45) is 0.749. The average Bonchev–Trinajstić information content (AvgIpc) is 2.73. The first kappa shape index (κ1) is 21.6. The number of para-hydroxylation sites is 2. The maximum atomic E-state index is 12.2. The summed E-state index contributed by atoms with van der Waals surface area (Å²) in [7, 11) is 1.64. The van der Waals surface area contributed by atoms with Gasteiger partial charge in [-0.15, -0.1) is 0 Å². The average molecular weight is 386 g/mol. The van der Waals surface area contributed by atoms with Crippen LogP contribution in [0.1, 0.15) is 19.4 Å². The van der Waals surface area contributed by atoms with Crippen LogP contribution < -0.4 is 20.1 Å². The third-order valence-corrected chi connectivity index (χ3v) is 4.55. The molecule has 0 saturated heterocycles. The van der Waals surface area contributed by atoms with E-state index in [4.69, 9.17) is 9.47 Å². The Bertz CT molecular complexity index is 715. The van der Waals surface area contributed by atoms with Crippen molar-refractivity contribution >= 4 is 11.7 Å². The van der Waals surface area contributed by atoms with Crippen LogP contribution in [-0.2, 0) is 6.42 Å². The third kappa shape index (κ3) is 7.12. The van der Waals surface area contributed by atoms with E-state index in [1.54, 1.807) is 7.11 Å². The van der Waals surface area contributed by atoms with Gasteiger partial charge in [0.2, 0.25) is 0 Å². The minimum absolute atomic E-state index is 0.242. The smallest absolute Gasteiger partial charge is 0.319 e. The number of carbonyl (C=O) groups is 1. The van der Waals surface area contributed by atoms with Gasteiger partial charge in [0.1, 0.15) is 18.1 Å². The van der Waals surface area contributed by atoms with Crippen molar-refractivity contribution in [2.75, 3.05) is 45.2 Å². The minimum atomic E-state index is -0.242. The minimum Gasteiger partial charge on any atom is -0.497 e. The van der Waals surface area contributed by atoms with Gasteiger partial charge in [0.25, 0.3) is 0 Å². The molecule has 0 spiro atoms. The quantitative estimate of drug-likeness (QED) is 0.618. The number of urea groups is 1. The molecule has 0 unspecified atom stereocenters. The number of carbonyl (C=O) groups excluding carboxylic acids is 1. The maximum Gasteiger partial charge on any atom is 0.319 e. The van der Waals surface area contributed by atoms with Crippen molar-refractivity contribution in [2.45, 2.75) is 20.3 Å². The molecule has 0 heterocycles. The molecular formula is C22H31N3O3. The zero-order valence-corrected chi connectivity index (χ0v) is 17.0. The van der Waals surface area contributed by atoms with Crippen LogP contribution in [0.2, 0.25) is 0 Å². The molecule has 2 N–H and O–H groups in total. The number of hydrogen-bond acceptors (Lipinski definition) is 4. The molecule has 2 aromatic rings. The Hall–Kier alpha value is -2.73. The van der Waals surface area contributed by atoms with Crippen LogP contribution in [0.5, 0.6) is 11.5 Å². The van der Waals surface area contributed by atoms with E-state index < -0.39 is 0 Å². The summed E-state index contributed by atoms with van der Waals surface area (Å²) in [4.78, 5) is 14.5. The van der Waals surface area contributed by atoms with E-state index in [2.05, 4.69) is 29.4 Å². The molecule has 6 nitrogen and oxygen atoms in total. The number of amides is 2. The van der Waals surface area contributed by atoms with E-state index in [1.165, 1.54) is 0 Å². The molecule has 0 aromatic heterocycles. The molecule has 0 radical (unpaired) electrons. The lowest BCUT2D eigenvalue weighted by atomic mass is 10.1. The van der Waals surface area contributed by atoms with E-state index >= 15 is 0 Å².